The molecule has 0 N–H and O–H groups in total. The highest BCUT2D eigenvalue weighted by molar-refractivity contribution is 7.59. The lowest BCUT2D eigenvalue weighted by Gasteiger charge is -1.89. The standard InChI is InChI=1S/C9H16O.H2S/c1-3-4-5-6-7-8-9(2)10;/h7-8H,3-6H2,1-2H3;1H2. The number of hydrogen-bond acceptors (Lipinski definition) is 1. The zero-order valence-corrected chi connectivity index (χ0v) is 8.39. The lowest BCUT2D eigenvalue weighted by atomic mass is 10.2. The van der Waals surface area contributed by atoms with E-state index < -0.39 is 0 Å². The van der Waals surface area contributed by atoms with E-state index in [1.807, 2.05) is 6.08 Å². The summed E-state index contributed by atoms with van der Waals surface area (Å²) in [6.07, 6.45) is 8.37. The number of ketones is 1. The molecule has 0 atom stereocenters. The van der Waals surface area contributed by atoms with Crippen molar-refractivity contribution in [1.82, 2.24) is 0 Å². The molecule has 0 spiro atoms. The van der Waals surface area contributed by atoms with E-state index in [2.05, 4.69) is 6.92 Å². The second-order valence-electron chi connectivity index (χ2n) is 2.51. The highest BCUT2D eigenvalue weighted by Crippen LogP contribution is 1.99. The Kier molecular flexibility index (Phi) is 11.9. The first-order valence-corrected chi connectivity index (χ1v) is 3.94. The number of carbonyl (C=O) groups excluding carboxylic acids is 1. The molecular weight excluding hydrogens is 156 g/mol. The van der Waals surface area contributed by atoms with E-state index in [0.29, 0.717) is 0 Å². The van der Waals surface area contributed by atoms with E-state index in [1.54, 1.807) is 13.0 Å². The molecule has 0 aromatic carbocycles. The average Bonchev–Trinajstić information content (AvgIpc) is 1.87. The van der Waals surface area contributed by atoms with Gasteiger partial charge >= 0.3 is 0 Å². The summed E-state index contributed by atoms with van der Waals surface area (Å²) in [6.45, 7) is 3.75. The number of unbranched alkanes of at least 4 members (excludes halogenated alkanes) is 3. The molecule has 0 aromatic rings. The summed E-state index contributed by atoms with van der Waals surface area (Å²) >= 11 is 0. The van der Waals surface area contributed by atoms with Gasteiger partial charge in [-0.3, -0.25) is 4.79 Å². The third-order valence-electron chi connectivity index (χ3n) is 1.33. The highest BCUT2D eigenvalue weighted by Gasteiger charge is 1.83. The smallest absolute Gasteiger partial charge is 0.152 e. The molecular formula is C9H18OS. The first-order valence-electron chi connectivity index (χ1n) is 3.94. The highest BCUT2D eigenvalue weighted by atomic mass is 32.1. The van der Waals surface area contributed by atoms with Gasteiger partial charge in [-0.05, 0) is 25.8 Å². The summed E-state index contributed by atoms with van der Waals surface area (Å²) in [4.78, 5) is 10.4. The summed E-state index contributed by atoms with van der Waals surface area (Å²) in [7, 11) is 0. The van der Waals surface area contributed by atoms with Gasteiger partial charge in [0.1, 0.15) is 0 Å². The van der Waals surface area contributed by atoms with Crippen molar-refractivity contribution in [1.29, 1.82) is 0 Å². The fraction of sp³-hybridized carbons (Fsp3) is 0.667. The van der Waals surface area contributed by atoms with Gasteiger partial charge in [-0.25, -0.2) is 0 Å². The zero-order valence-electron chi connectivity index (χ0n) is 7.39. The fourth-order valence-electron chi connectivity index (χ4n) is 0.761. The molecule has 66 valence electrons. The Balaban J connectivity index is 0. The minimum absolute atomic E-state index is 0. The molecule has 0 radical (unpaired) electrons. The van der Waals surface area contributed by atoms with Crippen LogP contribution in [0.2, 0.25) is 0 Å². The zero-order chi connectivity index (χ0) is 7.82. The topological polar surface area (TPSA) is 17.1 Å². The number of rotatable bonds is 5. The Morgan fingerprint density at radius 1 is 1.36 bits per heavy atom. The third-order valence-corrected chi connectivity index (χ3v) is 1.33. The van der Waals surface area contributed by atoms with Gasteiger partial charge in [0.2, 0.25) is 0 Å². The molecule has 0 rings (SSSR count). The number of carbonyl (C=O) groups is 1. The third kappa shape index (κ3) is 12.9. The summed E-state index contributed by atoms with van der Waals surface area (Å²) in [5.41, 5.74) is 0. The Bertz CT molecular complexity index is 119. The van der Waals surface area contributed by atoms with Crippen LogP contribution >= 0.6 is 13.5 Å². The lowest BCUT2D eigenvalue weighted by molar-refractivity contribution is -0.112. The second kappa shape index (κ2) is 9.76. The van der Waals surface area contributed by atoms with Crippen molar-refractivity contribution in [3.63, 3.8) is 0 Å². The van der Waals surface area contributed by atoms with Crippen molar-refractivity contribution in [2.75, 3.05) is 0 Å². The first-order chi connectivity index (χ1) is 4.77. The van der Waals surface area contributed by atoms with Gasteiger partial charge in [-0.2, -0.15) is 13.5 Å². The minimum atomic E-state index is 0. The quantitative estimate of drug-likeness (QED) is 0.462. The van der Waals surface area contributed by atoms with Crippen LogP contribution < -0.4 is 0 Å². The molecule has 0 aliphatic rings. The van der Waals surface area contributed by atoms with Gasteiger partial charge in [0.15, 0.2) is 5.78 Å². The minimum Gasteiger partial charge on any atom is -0.295 e. The predicted octanol–water partition coefficient (Wildman–Crippen LogP) is 2.82. The summed E-state index contributed by atoms with van der Waals surface area (Å²) in [6, 6.07) is 0. The van der Waals surface area contributed by atoms with Crippen molar-refractivity contribution in [2.45, 2.75) is 39.5 Å². The van der Waals surface area contributed by atoms with Crippen molar-refractivity contribution >= 4 is 19.3 Å². The van der Waals surface area contributed by atoms with Gasteiger partial charge in [-0.15, -0.1) is 0 Å². The van der Waals surface area contributed by atoms with Crippen molar-refractivity contribution < 1.29 is 4.79 Å². The van der Waals surface area contributed by atoms with E-state index in [9.17, 15) is 4.79 Å². The van der Waals surface area contributed by atoms with Crippen LogP contribution in [0.1, 0.15) is 39.5 Å². The van der Waals surface area contributed by atoms with Crippen LogP contribution in [0.4, 0.5) is 0 Å². The summed E-state index contributed by atoms with van der Waals surface area (Å²) in [5.74, 6) is 0.150. The summed E-state index contributed by atoms with van der Waals surface area (Å²) in [5, 5.41) is 0. The normalized spacial score (nSPS) is 9.64. The Morgan fingerprint density at radius 3 is 2.45 bits per heavy atom. The molecule has 0 fully saturated rings. The molecule has 0 heterocycles. The molecule has 0 saturated carbocycles. The predicted molar refractivity (Wildman–Crippen MR) is 54.3 cm³/mol. The first kappa shape index (κ1) is 13.4. The van der Waals surface area contributed by atoms with Crippen LogP contribution in [-0.2, 0) is 4.79 Å². The molecule has 0 aromatic heterocycles. The largest absolute Gasteiger partial charge is 0.295 e. The van der Waals surface area contributed by atoms with Gasteiger partial charge in [0.25, 0.3) is 0 Å². The molecule has 2 heteroatoms. The van der Waals surface area contributed by atoms with E-state index in [4.69, 9.17) is 0 Å². The van der Waals surface area contributed by atoms with Gasteiger partial charge in [0.05, 0.1) is 0 Å². The maximum Gasteiger partial charge on any atom is 0.152 e. The SMILES string of the molecule is CCCCCC=CC(C)=O.S. The molecule has 0 unspecified atom stereocenters. The maximum atomic E-state index is 10.4. The van der Waals surface area contributed by atoms with E-state index >= 15 is 0 Å². The van der Waals surface area contributed by atoms with Crippen LogP contribution in [0.3, 0.4) is 0 Å². The molecule has 11 heavy (non-hydrogen) atoms. The van der Waals surface area contributed by atoms with Crippen LogP contribution in [0.15, 0.2) is 12.2 Å². The number of hydrogen-bond donors (Lipinski definition) is 0. The second-order valence-corrected chi connectivity index (χ2v) is 2.51. The lowest BCUT2D eigenvalue weighted by Crippen LogP contribution is -1.79. The van der Waals surface area contributed by atoms with Crippen LogP contribution in [0.25, 0.3) is 0 Å². The van der Waals surface area contributed by atoms with E-state index in [1.165, 1.54) is 19.3 Å². The van der Waals surface area contributed by atoms with Crippen LogP contribution in [-0.4, -0.2) is 5.78 Å². The Labute approximate surface area is 76.3 Å². The molecule has 0 aliphatic carbocycles. The van der Waals surface area contributed by atoms with E-state index in [0.717, 1.165) is 6.42 Å². The fourth-order valence-corrected chi connectivity index (χ4v) is 0.761. The molecule has 0 saturated heterocycles. The number of allylic oxidation sites excluding steroid dienone is 2. The van der Waals surface area contributed by atoms with Crippen molar-refractivity contribution in [3.8, 4) is 0 Å². The van der Waals surface area contributed by atoms with Crippen molar-refractivity contribution in [2.24, 2.45) is 0 Å². The Hall–Kier alpha value is -0.240. The summed E-state index contributed by atoms with van der Waals surface area (Å²) < 4.78 is 0. The van der Waals surface area contributed by atoms with E-state index in [-0.39, 0.29) is 19.3 Å². The van der Waals surface area contributed by atoms with Gasteiger partial charge in [0, 0.05) is 0 Å². The Morgan fingerprint density at radius 2 is 2.00 bits per heavy atom. The maximum absolute atomic E-state index is 10.4. The molecule has 0 aliphatic heterocycles. The molecule has 1 nitrogen and oxygen atoms in total. The van der Waals surface area contributed by atoms with Crippen molar-refractivity contribution in [3.05, 3.63) is 12.2 Å². The molecule has 0 bridgehead atoms. The average molecular weight is 174 g/mol. The monoisotopic (exact) mass is 174 g/mol. The van der Waals surface area contributed by atoms with Crippen LogP contribution in [0.5, 0.6) is 0 Å². The van der Waals surface area contributed by atoms with Crippen LogP contribution in [0, 0.1) is 0 Å². The molecule has 0 amide bonds. The van der Waals surface area contributed by atoms with Gasteiger partial charge < -0.3 is 0 Å². The van der Waals surface area contributed by atoms with Gasteiger partial charge in [-0.1, -0.05) is 25.8 Å².